The molecule has 2 nitrogen and oxygen atoms in total. The average Bonchev–Trinajstić information content (AvgIpc) is 2.57. The molecule has 0 spiro atoms. The van der Waals surface area contributed by atoms with E-state index < -0.39 is 0 Å². The van der Waals surface area contributed by atoms with Crippen LogP contribution in [0.4, 0.5) is 0 Å². The SMILES string of the molecule is c1ccc(B(OC2CCCCC2)OC2CCCCC2)cc1. The van der Waals surface area contributed by atoms with Crippen LogP contribution in [0.1, 0.15) is 64.2 Å². The molecule has 0 heterocycles. The van der Waals surface area contributed by atoms with E-state index in [1.165, 1.54) is 69.7 Å². The first-order valence-corrected chi connectivity index (χ1v) is 8.78. The summed E-state index contributed by atoms with van der Waals surface area (Å²) in [7, 11) is -0.169. The van der Waals surface area contributed by atoms with Gasteiger partial charge in [0.15, 0.2) is 0 Å². The van der Waals surface area contributed by atoms with E-state index in [4.69, 9.17) is 9.31 Å². The molecule has 2 saturated carbocycles. The summed E-state index contributed by atoms with van der Waals surface area (Å²) < 4.78 is 12.7. The molecule has 0 amide bonds. The van der Waals surface area contributed by atoms with E-state index in [0.29, 0.717) is 12.2 Å². The molecule has 1 aromatic carbocycles. The Morgan fingerprint density at radius 1 is 0.667 bits per heavy atom. The van der Waals surface area contributed by atoms with E-state index in [-0.39, 0.29) is 7.12 Å². The Balaban J connectivity index is 1.64. The molecule has 0 aromatic heterocycles. The van der Waals surface area contributed by atoms with Gasteiger partial charge in [0.05, 0.1) is 0 Å². The minimum atomic E-state index is -0.169. The van der Waals surface area contributed by atoms with Crippen LogP contribution in [0.15, 0.2) is 30.3 Å². The van der Waals surface area contributed by atoms with E-state index >= 15 is 0 Å². The summed E-state index contributed by atoms with van der Waals surface area (Å²) in [6.07, 6.45) is 13.5. The van der Waals surface area contributed by atoms with Crippen molar-refractivity contribution in [1.29, 1.82) is 0 Å². The molecule has 3 heteroatoms. The lowest BCUT2D eigenvalue weighted by Gasteiger charge is -2.30. The van der Waals surface area contributed by atoms with Gasteiger partial charge in [0, 0.05) is 12.2 Å². The predicted octanol–water partition coefficient (Wildman–Crippen LogP) is 4.08. The van der Waals surface area contributed by atoms with Crippen molar-refractivity contribution >= 4 is 12.6 Å². The quantitative estimate of drug-likeness (QED) is 0.759. The van der Waals surface area contributed by atoms with E-state index in [2.05, 4.69) is 30.3 Å². The molecule has 0 bridgehead atoms. The van der Waals surface area contributed by atoms with Crippen LogP contribution in [0.5, 0.6) is 0 Å². The van der Waals surface area contributed by atoms with Crippen LogP contribution in [-0.4, -0.2) is 19.3 Å². The maximum Gasteiger partial charge on any atom is 0.494 e. The Labute approximate surface area is 129 Å². The van der Waals surface area contributed by atoms with Crippen molar-refractivity contribution < 1.29 is 9.31 Å². The Hall–Kier alpha value is -0.795. The zero-order valence-electron chi connectivity index (χ0n) is 13.0. The van der Waals surface area contributed by atoms with Gasteiger partial charge in [0.1, 0.15) is 0 Å². The van der Waals surface area contributed by atoms with Crippen molar-refractivity contribution in [2.75, 3.05) is 0 Å². The zero-order chi connectivity index (χ0) is 14.3. The largest absolute Gasteiger partial charge is 0.494 e. The fraction of sp³-hybridized carbons (Fsp3) is 0.667. The summed E-state index contributed by atoms with van der Waals surface area (Å²) in [6.45, 7) is 0. The molecule has 114 valence electrons. The molecule has 0 unspecified atom stereocenters. The van der Waals surface area contributed by atoms with Crippen molar-refractivity contribution in [3.05, 3.63) is 30.3 Å². The predicted molar refractivity (Wildman–Crippen MR) is 87.7 cm³/mol. The van der Waals surface area contributed by atoms with Gasteiger partial charge in [0.25, 0.3) is 0 Å². The van der Waals surface area contributed by atoms with E-state index in [1.54, 1.807) is 0 Å². The van der Waals surface area contributed by atoms with Gasteiger partial charge in [-0.1, -0.05) is 68.9 Å². The van der Waals surface area contributed by atoms with Crippen LogP contribution >= 0.6 is 0 Å². The molecule has 2 fully saturated rings. The second-order valence-electron chi connectivity index (χ2n) is 6.53. The molecule has 0 N–H and O–H groups in total. The summed E-state index contributed by atoms with van der Waals surface area (Å²) >= 11 is 0. The Morgan fingerprint density at radius 2 is 1.14 bits per heavy atom. The fourth-order valence-corrected chi connectivity index (χ4v) is 3.55. The highest BCUT2D eigenvalue weighted by atomic mass is 16.6. The van der Waals surface area contributed by atoms with E-state index in [0.717, 1.165) is 0 Å². The Bertz CT molecular complexity index is 377. The fourth-order valence-electron chi connectivity index (χ4n) is 3.55. The molecule has 2 aliphatic carbocycles. The summed E-state index contributed by atoms with van der Waals surface area (Å²) in [4.78, 5) is 0. The van der Waals surface area contributed by atoms with Gasteiger partial charge in [-0.15, -0.1) is 0 Å². The molecular formula is C18H27BO2. The van der Waals surface area contributed by atoms with Crippen LogP contribution in [0.3, 0.4) is 0 Å². The summed E-state index contributed by atoms with van der Waals surface area (Å²) in [5.74, 6) is 0. The Kier molecular flexibility index (Phi) is 5.76. The minimum Gasteiger partial charge on any atom is -0.404 e. The highest BCUT2D eigenvalue weighted by Gasteiger charge is 2.30. The first-order valence-electron chi connectivity index (χ1n) is 8.78. The Morgan fingerprint density at radius 3 is 1.62 bits per heavy atom. The molecule has 1 aromatic rings. The van der Waals surface area contributed by atoms with Gasteiger partial charge in [-0.25, -0.2) is 0 Å². The number of hydrogen-bond donors (Lipinski definition) is 0. The molecule has 3 rings (SSSR count). The lowest BCUT2D eigenvalue weighted by molar-refractivity contribution is 0.0727. The van der Waals surface area contributed by atoms with Crippen molar-refractivity contribution in [2.45, 2.75) is 76.4 Å². The molecule has 0 atom stereocenters. The van der Waals surface area contributed by atoms with Gasteiger partial charge >= 0.3 is 7.12 Å². The van der Waals surface area contributed by atoms with Crippen molar-refractivity contribution in [1.82, 2.24) is 0 Å². The first-order chi connectivity index (χ1) is 10.4. The molecular weight excluding hydrogens is 259 g/mol. The highest BCUT2D eigenvalue weighted by Crippen LogP contribution is 2.24. The van der Waals surface area contributed by atoms with E-state index in [9.17, 15) is 0 Å². The molecule has 0 radical (unpaired) electrons. The van der Waals surface area contributed by atoms with Gasteiger partial charge in [0.2, 0.25) is 0 Å². The lowest BCUT2D eigenvalue weighted by atomic mass is 9.77. The first kappa shape index (κ1) is 15.1. The zero-order valence-corrected chi connectivity index (χ0v) is 13.0. The smallest absolute Gasteiger partial charge is 0.404 e. The van der Waals surface area contributed by atoms with Gasteiger partial charge in [-0.3, -0.25) is 0 Å². The second kappa shape index (κ2) is 8.00. The molecule has 0 aliphatic heterocycles. The van der Waals surface area contributed by atoms with E-state index in [1.807, 2.05) is 0 Å². The van der Waals surface area contributed by atoms with Gasteiger partial charge in [-0.05, 0) is 31.1 Å². The average molecular weight is 286 g/mol. The van der Waals surface area contributed by atoms with Crippen LogP contribution in [-0.2, 0) is 9.31 Å². The van der Waals surface area contributed by atoms with Crippen LogP contribution in [0, 0.1) is 0 Å². The molecule has 21 heavy (non-hydrogen) atoms. The normalized spacial score (nSPS) is 21.3. The van der Waals surface area contributed by atoms with Crippen LogP contribution < -0.4 is 5.46 Å². The van der Waals surface area contributed by atoms with Gasteiger partial charge < -0.3 is 9.31 Å². The maximum absolute atomic E-state index is 6.36. The molecule has 2 aliphatic rings. The third-order valence-electron chi connectivity index (χ3n) is 4.81. The third-order valence-corrected chi connectivity index (χ3v) is 4.81. The highest BCUT2D eigenvalue weighted by molar-refractivity contribution is 6.61. The van der Waals surface area contributed by atoms with Crippen LogP contribution in [0.2, 0.25) is 0 Å². The monoisotopic (exact) mass is 286 g/mol. The minimum absolute atomic E-state index is 0.169. The number of hydrogen-bond acceptors (Lipinski definition) is 2. The topological polar surface area (TPSA) is 18.5 Å². The molecule has 0 saturated heterocycles. The lowest BCUT2D eigenvalue weighted by Crippen LogP contribution is -2.43. The second-order valence-corrected chi connectivity index (χ2v) is 6.53. The van der Waals surface area contributed by atoms with Crippen molar-refractivity contribution in [2.24, 2.45) is 0 Å². The van der Waals surface area contributed by atoms with Gasteiger partial charge in [-0.2, -0.15) is 0 Å². The third kappa shape index (κ3) is 4.59. The van der Waals surface area contributed by atoms with Crippen molar-refractivity contribution in [3.63, 3.8) is 0 Å². The number of rotatable bonds is 5. The van der Waals surface area contributed by atoms with Crippen molar-refractivity contribution in [3.8, 4) is 0 Å². The number of benzene rings is 1. The summed E-state index contributed by atoms with van der Waals surface area (Å²) in [6, 6.07) is 10.5. The summed E-state index contributed by atoms with van der Waals surface area (Å²) in [5.41, 5.74) is 1.17. The standard InChI is InChI=1S/C18H27BO2/c1-4-10-16(11-5-1)19(20-17-12-6-2-7-13-17)21-18-14-8-3-9-15-18/h1,4-5,10-11,17-18H,2-3,6-9,12-15H2. The van der Waals surface area contributed by atoms with Crippen LogP contribution in [0.25, 0.3) is 0 Å². The summed E-state index contributed by atoms with van der Waals surface area (Å²) in [5, 5.41) is 0. The maximum atomic E-state index is 6.36.